The SMILES string of the molecule is CCCCNS(=O)(=O)c1cccc(NC(=O)Cn2c(C)csc2=O)c1. The van der Waals surface area contributed by atoms with Crippen LogP contribution in [0.5, 0.6) is 0 Å². The molecule has 1 aromatic carbocycles. The predicted molar refractivity (Wildman–Crippen MR) is 98.5 cm³/mol. The fourth-order valence-electron chi connectivity index (χ4n) is 2.15. The van der Waals surface area contributed by atoms with Gasteiger partial charge in [-0.25, -0.2) is 13.1 Å². The third kappa shape index (κ3) is 5.25. The lowest BCUT2D eigenvalue weighted by atomic mass is 10.3. The average Bonchev–Trinajstić information content (AvgIpc) is 2.87. The molecule has 2 aromatic rings. The number of unbranched alkanes of at least 4 members (excludes halogenated alkanes) is 1. The maximum Gasteiger partial charge on any atom is 0.307 e. The molecule has 0 aliphatic heterocycles. The molecule has 1 amide bonds. The lowest BCUT2D eigenvalue weighted by Gasteiger charge is -2.10. The summed E-state index contributed by atoms with van der Waals surface area (Å²) in [5.74, 6) is -0.392. The van der Waals surface area contributed by atoms with E-state index in [9.17, 15) is 18.0 Å². The summed E-state index contributed by atoms with van der Waals surface area (Å²) in [5, 5.41) is 4.31. The molecule has 136 valence electrons. The molecule has 0 saturated heterocycles. The molecular formula is C16H21N3O4S2. The smallest absolute Gasteiger partial charge is 0.307 e. The molecule has 0 aliphatic rings. The molecule has 2 N–H and O–H groups in total. The molecule has 1 heterocycles. The zero-order valence-electron chi connectivity index (χ0n) is 14.1. The van der Waals surface area contributed by atoms with E-state index in [1.807, 2.05) is 6.92 Å². The second-order valence-electron chi connectivity index (χ2n) is 5.56. The summed E-state index contributed by atoms with van der Waals surface area (Å²) < 4.78 is 28.3. The van der Waals surface area contributed by atoms with Crippen molar-refractivity contribution in [3.05, 3.63) is 45.0 Å². The number of sulfonamides is 1. The number of aromatic nitrogens is 1. The van der Waals surface area contributed by atoms with E-state index >= 15 is 0 Å². The van der Waals surface area contributed by atoms with E-state index in [2.05, 4.69) is 10.0 Å². The highest BCUT2D eigenvalue weighted by atomic mass is 32.2. The lowest BCUT2D eigenvalue weighted by Crippen LogP contribution is -2.26. The van der Waals surface area contributed by atoms with Crippen molar-refractivity contribution in [1.82, 2.24) is 9.29 Å². The van der Waals surface area contributed by atoms with E-state index in [-0.39, 0.29) is 16.3 Å². The van der Waals surface area contributed by atoms with E-state index in [1.54, 1.807) is 24.4 Å². The molecular weight excluding hydrogens is 362 g/mol. The van der Waals surface area contributed by atoms with Crippen LogP contribution < -0.4 is 14.9 Å². The van der Waals surface area contributed by atoms with Crippen molar-refractivity contribution >= 4 is 33.0 Å². The first-order valence-corrected chi connectivity index (χ1v) is 10.2. The molecule has 25 heavy (non-hydrogen) atoms. The van der Waals surface area contributed by atoms with E-state index in [0.29, 0.717) is 17.9 Å². The minimum atomic E-state index is -3.61. The third-order valence-electron chi connectivity index (χ3n) is 3.53. The van der Waals surface area contributed by atoms with Gasteiger partial charge < -0.3 is 5.32 Å². The number of rotatable bonds is 8. The Hall–Kier alpha value is -1.97. The second kappa shape index (κ2) is 8.41. The summed E-state index contributed by atoms with van der Waals surface area (Å²) in [4.78, 5) is 23.7. The Balaban J connectivity index is 2.08. The van der Waals surface area contributed by atoms with Gasteiger partial charge in [-0.3, -0.25) is 14.2 Å². The summed E-state index contributed by atoms with van der Waals surface area (Å²) in [7, 11) is -3.61. The fraction of sp³-hybridized carbons (Fsp3) is 0.375. The monoisotopic (exact) mass is 383 g/mol. The Morgan fingerprint density at radius 3 is 2.72 bits per heavy atom. The average molecular weight is 383 g/mol. The minimum Gasteiger partial charge on any atom is -0.324 e. The quantitative estimate of drug-likeness (QED) is 0.681. The highest BCUT2D eigenvalue weighted by Gasteiger charge is 2.15. The normalized spacial score (nSPS) is 11.4. The number of carbonyl (C=O) groups excluding carboxylic acids is 1. The van der Waals surface area contributed by atoms with Gasteiger partial charge in [-0.15, -0.1) is 0 Å². The van der Waals surface area contributed by atoms with Crippen LogP contribution in [-0.2, 0) is 21.4 Å². The summed E-state index contributed by atoms with van der Waals surface area (Å²) in [5.41, 5.74) is 1.07. The Bertz CT molecular complexity index is 900. The Labute approximate surface area is 150 Å². The largest absolute Gasteiger partial charge is 0.324 e. The van der Waals surface area contributed by atoms with Gasteiger partial charge in [0.25, 0.3) is 0 Å². The van der Waals surface area contributed by atoms with Gasteiger partial charge in [0.1, 0.15) is 6.54 Å². The standard InChI is InChI=1S/C16H21N3O4S2/c1-3-4-8-17-25(22,23)14-7-5-6-13(9-14)18-15(20)10-19-12(2)11-24-16(19)21/h5-7,9,11,17H,3-4,8,10H2,1-2H3,(H,18,20). The topological polar surface area (TPSA) is 97.3 Å². The highest BCUT2D eigenvalue weighted by molar-refractivity contribution is 7.89. The van der Waals surface area contributed by atoms with Gasteiger partial charge >= 0.3 is 4.87 Å². The number of hydrogen-bond donors (Lipinski definition) is 2. The number of carbonyl (C=O) groups is 1. The molecule has 0 bridgehead atoms. The van der Waals surface area contributed by atoms with Crippen LogP contribution in [0.3, 0.4) is 0 Å². The number of anilines is 1. The molecule has 0 fully saturated rings. The molecule has 1 aromatic heterocycles. The highest BCUT2D eigenvalue weighted by Crippen LogP contribution is 2.15. The zero-order valence-corrected chi connectivity index (χ0v) is 15.7. The Kier molecular flexibility index (Phi) is 6.51. The molecule has 9 heteroatoms. The molecule has 2 rings (SSSR count). The van der Waals surface area contributed by atoms with Gasteiger partial charge in [0.15, 0.2) is 0 Å². The number of nitrogens with one attached hydrogen (secondary N) is 2. The summed E-state index contributed by atoms with van der Waals surface area (Å²) >= 11 is 1.03. The summed E-state index contributed by atoms with van der Waals surface area (Å²) in [6.45, 7) is 3.99. The van der Waals surface area contributed by atoms with Crippen LogP contribution in [0.2, 0.25) is 0 Å². The molecule has 0 spiro atoms. The van der Waals surface area contributed by atoms with Crippen LogP contribution in [0.15, 0.2) is 39.3 Å². The van der Waals surface area contributed by atoms with Crippen molar-refractivity contribution in [2.75, 3.05) is 11.9 Å². The van der Waals surface area contributed by atoms with Crippen molar-refractivity contribution in [3.63, 3.8) is 0 Å². The summed E-state index contributed by atoms with van der Waals surface area (Å²) in [6, 6.07) is 6.03. The van der Waals surface area contributed by atoms with E-state index in [1.165, 1.54) is 16.7 Å². The lowest BCUT2D eigenvalue weighted by molar-refractivity contribution is -0.116. The van der Waals surface area contributed by atoms with Crippen LogP contribution >= 0.6 is 11.3 Å². The van der Waals surface area contributed by atoms with Crippen molar-refractivity contribution in [2.45, 2.75) is 38.1 Å². The van der Waals surface area contributed by atoms with Gasteiger partial charge in [-0.2, -0.15) is 0 Å². The Morgan fingerprint density at radius 1 is 1.32 bits per heavy atom. The first-order valence-electron chi connectivity index (χ1n) is 7.88. The molecule has 0 saturated carbocycles. The number of nitrogens with zero attached hydrogens (tertiary/aromatic N) is 1. The van der Waals surface area contributed by atoms with Gasteiger partial charge in [0.05, 0.1) is 4.90 Å². The van der Waals surface area contributed by atoms with Crippen molar-refractivity contribution in [3.8, 4) is 0 Å². The Morgan fingerprint density at radius 2 is 2.08 bits per heavy atom. The van der Waals surface area contributed by atoms with Crippen molar-refractivity contribution in [2.24, 2.45) is 0 Å². The third-order valence-corrected chi connectivity index (χ3v) is 5.87. The van der Waals surface area contributed by atoms with Crippen LogP contribution in [-0.4, -0.2) is 25.4 Å². The molecule has 0 aliphatic carbocycles. The van der Waals surface area contributed by atoms with Crippen molar-refractivity contribution < 1.29 is 13.2 Å². The van der Waals surface area contributed by atoms with E-state index in [0.717, 1.165) is 24.2 Å². The molecule has 0 radical (unpaired) electrons. The fourth-order valence-corrected chi connectivity index (χ4v) is 4.00. The number of amides is 1. The number of benzene rings is 1. The predicted octanol–water partition coefficient (Wildman–Crippen LogP) is 1.94. The number of hydrogen-bond acceptors (Lipinski definition) is 5. The first-order chi connectivity index (χ1) is 11.8. The maximum atomic E-state index is 12.2. The minimum absolute atomic E-state index is 0.0882. The summed E-state index contributed by atoms with van der Waals surface area (Å²) in [6.07, 6.45) is 1.64. The molecule has 7 nitrogen and oxygen atoms in total. The molecule has 0 unspecified atom stereocenters. The van der Waals surface area contributed by atoms with Crippen LogP contribution in [0.4, 0.5) is 5.69 Å². The van der Waals surface area contributed by atoms with Gasteiger partial charge in [-0.1, -0.05) is 30.7 Å². The van der Waals surface area contributed by atoms with Gasteiger partial charge in [-0.05, 0) is 31.5 Å². The van der Waals surface area contributed by atoms with Crippen LogP contribution in [0, 0.1) is 6.92 Å². The maximum absolute atomic E-state index is 12.2. The molecule has 0 atom stereocenters. The van der Waals surface area contributed by atoms with E-state index in [4.69, 9.17) is 0 Å². The van der Waals surface area contributed by atoms with Crippen molar-refractivity contribution in [1.29, 1.82) is 0 Å². The van der Waals surface area contributed by atoms with Crippen LogP contribution in [0.25, 0.3) is 0 Å². The second-order valence-corrected chi connectivity index (χ2v) is 8.14. The van der Waals surface area contributed by atoms with E-state index < -0.39 is 15.9 Å². The van der Waals surface area contributed by atoms with Gasteiger partial charge in [0, 0.05) is 23.3 Å². The number of thiazole rings is 1. The number of aryl methyl sites for hydroxylation is 1. The van der Waals surface area contributed by atoms with Crippen LogP contribution in [0.1, 0.15) is 25.5 Å². The zero-order chi connectivity index (χ0) is 18.4. The van der Waals surface area contributed by atoms with Gasteiger partial charge in [0.2, 0.25) is 15.9 Å². The first kappa shape index (κ1) is 19.4.